The van der Waals surface area contributed by atoms with E-state index in [9.17, 15) is 32.3 Å². The zero-order valence-electron chi connectivity index (χ0n) is 34.6. The fourth-order valence-corrected chi connectivity index (χ4v) is 7.82. The summed E-state index contributed by atoms with van der Waals surface area (Å²) in [7, 11) is 1.23. The van der Waals surface area contributed by atoms with E-state index in [2.05, 4.69) is 25.3 Å². The van der Waals surface area contributed by atoms with Gasteiger partial charge in [0.2, 0.25) is 5.91 Å². The van der Waals surface area contributed by atoms with Crippen molar-refractivity contribution in [1.82, 2.24) is 30.1 Å². The largest absolute Gasteiger partial charge is 0.573 e. The highest BCUT2D eigenvalue weighted by atomic mass is 35.5. The highest BCUT2D eigenvalue weighted by Gasteiger charge is 2.40. The second-order valence-corrected chi connectivity index (χ2v) is 16.0. The molecular formula is C42H48ClF3N10O6. The molecule has 0 bridgehead atoms. The number of carbonyl (C=O) groups is 4. The zero-order valence-corrected chi connectivity index (χ0v) is 35.4. The summed E-state index contributed by atoms with van der Waals surface area (Å²) in [4.78, 5) is 69.1. The summed E-state index contributed by atoms with van der Waals surface area (Å²) in [5.74, 6) is -0.836. The molecule has 2 fully saturated rings. The summed E-state index contributed by atoms with van der Waals surface area (Å²) in [6.45, 7) is 9.25. The minimum Gasteiger partial charge on any atom is -0.453 e. The highest BCUT2D eigenvalue weighted by molar-refractivity contribution is 6.34. The lowest BCUT2D eigenvalue weighted by Gasteiger charge is -2.40. The van der Waals surface area contributed by atoms with Gasteiger partial charge >= 0.3 is 12.5 Å². The number of alkyl carbamates (subject to hydrolysis) is 1. The minimum atomic E-state index is -5.07. The number of nitrogens with two attached hydrogens (primary N) is 2. The zero-order chi connectivity index (χ0) is 45.0. The molecule has 4 atom stereocenters. The van der Waals surface area contributed by atoms with Crippen LogP contribution in [0.2, 0.25) is 5.02 Å². The maximum atomic E-state index is 13.8. The number of alkyl halides is 3. The molecule has 0 aliphatic carbocycles. The predicted molar refractivity (Wildman–Crippen MR) is 226 cm³/mol. The van der Waals surface area contributed by atoms with E-state index in [1.165, 1.54) is 25.4 Å². The van der Waals surface area contributed by atoms with E-state index in [0.29, 0.717) is 61.1 Å². The molecule has 2 aliphatic rings. The third-order valence-electron chi connectivity index (χ3n) is 10.8. The fourth-order valence-electron chi connectivity index (χ4n) is 7.61. The van der Waals surface area contributed by atoms with Crippen LogP contribution >= 0.6 is 11.6 Å². The van der Waals surface area contributed by atoms with Crippen molar-refractivity contribution in [3.05, 3.63) is 89.2 Å². The number of benzene rings is 2. The molecule has 330 valence electrons. The third kappa shape index (κ3) is 10.2. The molecule has 0 radical (unpaired) electrons. The standard InChI is InChI=1S/C42H48ClF3N10O6/c1-22(2)36(53-41(60)61-5)40(59)56-20-23(3)14-33(56)37-50-19-32(51-37)26-8-6-25(7-9-26)28-15-29(43)31(16-34(28)62-42(44,45)46)52-38(57)27-10-11-35(49-18-27)55-13-12-54(21-24(55)4)39(58)30(48)17-47/h6-11,15-19,22-24,33,36H,12-14,20-21,47-48H2,1-5H3,(H,50,51)(H,52,57)(H,53,60)/b30-17-/t23-,24+,33-,36-/m0/s1. The molecule has 6 rings (SSSR count). The first-order chi connectivity index (χ1) is 29.4. The number of ether oxygens (including phenoxy) is 2. The van der Waals surface area contributed by atoms with Crippen LogP contribution < -0.4 is 31.7 Å². The molecule has 2 saturated heterocycles. The van der Waals surface area contributed by atoms with Crippen LogP contribution in [-0.2, 0) is 14.3 Å². The van der Waals surface area contributed by atoms with Crippen LogP contribution in [0.5, 0.6) is 5.75 Å². The van der Waals surface area contributed by atoms with Crippen LogP contribution in [0, 0.1) is 11.8 Å². The van der Waals surface area contributed by atoms with E-state index in [0.717, 1.165) is 12.3 Å². The summed E-state index contributed by atoms with van der Waals surface area (Å²) in [5.41, 5.74) is 12.5. The molecule has 7 N–H and O–H groups in total. The fraction of sp³-hybridized carbons (Fsp3) is 0.381. The smallest absolute Gasteiger partial charge is 0.453 e. The van der Waals surface area contributed by atoms with Crippen molar-refractivity contribution >= 4 is 46.9 Å². The van der Waals surface area contributed by atoms with Gasteiger partial charge < -0.3 is 51.3 Å². The Bertz CT molecular complexity index is 2320. The average molecular weight is 881 g/mol. The minimum absolute atomic E-state index is 0.0117. The number of carbonyl (C=O) groups excluding carboxylic acids is 4. The number of hydrogen-bond acceptors (Lipinski definition) is 11. The average Bonchev–Trinajstić information content (AvgIpc) is 3.89. The van der Waals surface area contributed by atoms with Gasteiger partial charge in [-0.2, -0.15) is 0 Å². The number of nitrogens with one attached hydrogen (secondary N) is 3. The molecular weight excluding hydrogens is 833 g/mol. The Morgan fingerprint density at radius 2 is 1.74 bits per heavy atom. The number of amides is 4. The van der Waals surface area contributed by atoms with Crippen molar-refractivity contribution in [2.24, 2.45) is 23.3 Å². The van der Waals surface area contributed by atoms with Crippen LogP contribution in [0.1, 0.15) is 56.3 Å². The number of H-pyrrole nitrogens is 1. The molecule has 4 aromatic rings. The Morgan fingerprint density at radius 3 is 2.35 bits per heavy atom. The number of piperazine rings is 1. The lowest BCUT2D eigenvalue weighted by atomic mass is 10.0. The number of halogens is 4. The molecule has 4 heterocycles. The molecule has 16 nitrogen and oxygen atoms in total. The number of hydrogen-bond donors (Lipinski definition) is 5. The summed E-state index contributed by atoms with van der Waals surface area (Å²) in [6, 6.07) is 10.6. The Labute approximate surface area is 360 Å². The number of anilines is 2. The lowest BCUT2D eigenvalue weighted by molar-refractivity contribution is -0.274. The van der Waals surface area contributed by atoms with Crippen molar-refractivity contribution in [3.8, 4) is 28.1 Å². The molecule has 2 aliphatic heterocycles. The first-order valence-electron chi connectivity index (χ1n) is 19.8. The van der Waals surface area contributed by atoms with Gasteiger partial charge in [-0.05, 0) is 48.9 Å². The molecule has 2 aromatic carbocycles. The number of aromatic nitrogens is 3. The van der Waals surface area contributed by atoms with Crippen molar-refractivity contribution < 1.29 is 41.8 Å². The molecule has 0 spiro atoms. The number of likely N-dealkylation sites (tertiary alicyclic amines) is 1. The maximum absolute atomic E-state index is 13.8. The summed E-state index contributed by atoms with van der Waals surface area (Å²) < 4.78 is 50.4. The van der Waals surface area contributed by atoms with E-state index < -0.39 is 30.2 Å². The van der Waals surface area contributed by atoms with Crippen molar-refractivity contribution in [2.75, 3.05) is 43.5 Å². The van der Waals surface area contributed by atoms with Gasteiger partial charge in [-0.25, -0.2) is 14.8 Å². The van der Waals surface area contributed by atoms with Crippen LogP contribution in [0.15, 0.2) is 72.8 Å². The lowest BCUT2D eigenvalue weighted by Crippen LogP contribution is -2.54. The van der Waals surface area contributed by atoms with Gasteiger partial charge in [-0.15, -0.1) is 13.2 Å². The SMILES string of the molecule is COC(=O)N[C@H](C(=O)N1C[C@@H](C)C[C@H]1c1nc(-c2ccc(-c3cc(Cl)c(NC(=O)c4ccc(N5CCN(C(=O)/C(N)=C/N)C[C@H]5C)nc4)cc3OC(F)(F)F)cc2)c[nH]1)C(C)C. The first kappa shape index (κ1) is 45.0. The quantitative estimate of drug-likeness (QED) is 0.110. The van der Waals surface area contributed by atoms with Gasteiger partial charge in [0.05, 0.1) is 35.1 Å². The van der Waals surface area contributed by atoms with Gasteiger partial charge in [-0.3, -0.25) is 14.4 Å². The van der Waals surface area contributed by atoms with Crippen LogP contribution in [0.3, 0.4) is 0 Å². The summed E-state index contributed by atoms with van der Waals surface area (Å²) >= 11 is 6.58. The number of aromatic amines is 1. The van der Waals surface area contributed by atoms with Crippen molar-refractivity contribution in [2.45, 2.75) is 58.6 Å². The topological polar surface area (TPSA) is 214 Å². The third-order valence-corrected chi connectivity index (χ3v) is 11.1. The van der Waals surface area contributed by atoms with E-state index in [4.69, 9.17) is 32.8 Å². The summed E-state index contributed by atoms with van der Waals surface area (Å²) in [6.07, 6.45) is -1.06. The Hall–Kier alpha value is -6.50. The number of nitrogens with zero attached hydrogens (tertiary/aromatic N) is 5. The van der Waals surface area contributed by atoms with Gasteiger partial charge in [0.1, 0.15) is 29.1 Å². The molecule has 2 aromatic heterocycles. The first-order valence-corrected chi connectivity index (χ1v) is 20.2. The Balaban J connectivity index is 1.17. The van der Waals surface area contributed by atoms with Crippen LogP contribution in [-0.4, -0.2) is 100 Å². The van der Waals surface area contributed by atoms with Crippen LogP contribution in [0.25, 0.3) is 22.4 Å². The molecule has 4 amide bonds. The second kappa shape index (κ2) is 18.6. The molecule has 0 saturated carbocycles. The van der Waals surface area contributed by atoms with Crippen molar-refractivity contribution in [1.29, 1.82) is 0 Å². The molecule has 20 heteroatoms. The predicted octanol–water partition coefficient (Wildman–Crippen LogP) is 6.03. The van der Waals surface area contributed by atoms with Gasteiger partial charge in [0, 0.05) is 68.0 Å². The Morgan fingerprint density at radius 1 is 1.03 bits per heavy atom. The van der Waals surface area contributed by atoms with Crippen molar-refractivity contribution in [3.63, 3.8) is 0 Å². The summed E-state index contributed by atoms with van der Waals surface area (Å²) in [5, 5.41) is 5.15. The Kier molecular flexibility index (Phi) is 13.5. The van der Waals surface area contributed by atoms with E-state index in [1.807, 2.05) is 32.6 Å². The normalized spacial score (nSPS) is 18.7. The number of imidazole rings is 1. The number of methoxy groups -OCH3 is 1. The highest BCUT2D eigenvalue weighted by Crippen LogP contribution is 2.41. The van der Waals surface area contributed by atoms with Gasteiger partial charge in [-0.1, -0.05) is 56.6 Å². The van der Waals surface area contributed by atoms with Gasteiger partial charge in [0.25, 0.3) is 11.8 Å². The van der Waals surface area contributed by atoms with Crippen LogP contribution in [0.4, 0.5) is 29.5 Å². The van der Waals surface area contributed by atoms with E-state index in [-0.39, 0.29) is 63.3 Å². The molecule has 62 heavy (non-hydrogen) atoms. The number of pyridine rings is 1. The van der Waals surface area contributed by atoms with E-state index in [1.54, 1.807) is 46.3 Å². The molecule has 0 unspecified atom stereocenters. The van der Waals surface area contributed by atoms with E-state index >= 15 is 0 Å². The van der Waals surface area contributed by atoms with Gasteiger partial charge in [0.15, 0.2) is 0 Å². The second-order valence-electron chi connectivity index (χ2n) is 15.6. The maximum Gasteiger partial charge on any atom is 0.573 e. The number of rotatable bonds is 11. The monoisotopic (exact) mass is 880 g/mol.